The Morgan fingerprint density at radius 2 is 1.93 bits per heavy atom. The van der Waals surface area contributed by atoms with Crippen LogP contribution in [0.15, 0.2) is 52.0 Å². The number of hydrogen-bond acceptors (Lipinski definition) is 5. The first-order valence-corrected chi connectivity index (χ1v) is 9.84. The molecular weight excluding hydrogens is 370 g/mol. The normalized spacial score (nSPS) is 11.4. The summed E-state index contributed by atoms with van der Waals surface area (Å²) in [7, 11) is -2.11. The number of amides is 2. The fourth-order valence-electron chi connectivity index (χ4n) is 2.33. The maximum Gasteiger partial charge on any atom is 0.289 e. The van der Waals surface area contributed by atoms with E-state index in [1.54, 1.807) is 32.0 Å². The van der Waals surface area contributed by atoms with Crippen LogP contribution in [0.3, 0.4) is 0 Å². The predicted octanol–water partition coefficient (Wildman–Crippen LogP) is 1.35. The topological polar surface area (TPSA) is 109 Å². The summed E-state index contributed by atoms with van der Waals surface area (Å²) < 4.78 is 32.0. The standard InChI is InChI=1S/C18H23N3O5S/c1-13(2)20-27(24,25)15-7-4-6-14(10-15)11-19-17(22)12-21(3)18(23)16-8-5-9-26-16/h4-10,13,20H,11-12H2,1-3H3,(H,19,22). The van der Waals surface area contributed by atoms with Crippen molar-refractivity contribution in [3.05, 3.63) is 54.0 Å². The minimum atomic E-state index is -3.60. The van der Waals surface area contributed by atoms with Gasteiger partial charge in [-0.05, 0) is 43.7 Å². The molecule has 2 amide bonds. The minimum Gasteiger partial charge on any atom is -0.459 e. The number of hydrogen-bond donors (Lipinski definition) is 2. The van der Waals surface area contributed by atoms with Crippen molar-refractivity contribution >= 4 is 21.8 Å². The molecule has 1 aromatic heterocycles. The van der Waals surface area contributed by atoms with E-state index < -0.39 is 15.9 Å². The molecule has 0 radical (unpaired) electrons. The summed E-state index contributed by atoms with van der Waals surface area (Å²) in [5, 5.41) is 2.67. The van der Waals surface area contributed by atoms with E-state index in [-0.39, 0.29) is 35.7 Å². The number of nitrogens with zero attached hydrogens (tertiary/aromatic N) is 1. The van der Waals surface area contributed by atoms with Gasteiger partial charge in [-0.3, -0.25) is 9.59 Å². The van der Waals surface area contributed by atoms with E-state index in [1.165, 1.54) is 36.4 Å². The van der Waals surface area contributed by atoms with Gasteiger partial charge in [-0.2, -0.15) is 0 Å². The zero-order chi connectivity index (χ0) is 20.0. The van der Waals surface area contributed by atoms with Crippen molar-refractivity contribution in [3.63, 3.8) is 0 Å². The molecule has 2 N–H and O–H groups in total. The highest BCUT2D eigenvalue weighted by Crippen LogP contribution is 2.12. The molecule has 0 bridgehead atoms. The van der Waals surface area contributed by atoms with Crippen LogP contribution in [0.25, 0.3) is 0 Å². The van der Waals surface area contributed by atoms with E-state index >= 15 is 0 Å². The van der Waals surface area contributed by atoms with Crippen LogP contribution in [0.5, 0.6) is 0 Å². The minimum absolute atomic E-state index is 0.132. The zero-order valence-corrected chi connectivity index (χ0v) is 16.2. The van der Waals surface area contributed by atoms with Crippen LogP contribution in [-0.2, 0) is 21.4 Å². The first-order valence-electron chi connectivity index (χ1n) is 8.36. The monoisotopic (exact) mass is 393 g/mol. The molecular formula is C18H23N3O5S. The quantitative estimate of drug-likeness (QED) is 0.704. The molecule has 1 aromatic carbocycles. The number of carbonyl (C=O) groups is 2. The number of likely N-dealkylation sites (N-methyl/N-ethyl adjacent to an activating group) is 1. The number of furan rings is 1. The number of nitrogens with one attached hydrogen (secondary N) is 2. The molecule has 0 aliphatic heterocycles. The van der Waals surface area contributed by atoms with Gasteiger partial charge < -0.3 is 14.6 Å². The summed E-state index contributed by atoms with van der Waals surface area (Å²) in [4.78, 5) is 25.5. The third kappa shape index (κ3) is 5.93. The Kier molecular flexibility index (Phi) is 6.75. The van der Waals surface area contributed by atoms with E-state index in [4.69, 9.17) is 4.42 Å². The maximum absolute atomic E-state index is 12.2. The van der Waals surface area contributed by atoms with Gasteiger partial charge in [-0.25, -0.2) is 13.1 Å². The van der Waals surface area contributed by atoms with Crippen LogP contribution in [0.4, 0.5) is 0 Å². The molecule has 9 heteroatoms. The fraction of sp³-hybridized carbons (Fsp3) is 0.333. The Labute approximate surface area is 158 Å². The fourth-order valence-corrected chi connectivity index (χ4v) is 3.65. The maximum atomic E-state index is 12.2. The zero-order valence-electron chi connectivity index (χ0n) is 15.4. The Morgan fingerprint density at radius 3 is 2.56 bits per heavy atom. The highest BCUT2D eigenvalue weighted by molar-refractivity contribution is 7.89. The van der Waals surface area contributed by atoms with E-state index in [2.05, 4.69) is 10.0 Å². The lowest BCUT2D eigenvalue weighted by molar-refractivity contribution is -0.121. The van der Waals surface area contributed by atoms with Gasteiger partial charge in [-0.1, -0.05) is 12.1 Å². The van der Waals surface area contributed by atoms with Gasteiger partial charge in [0.2, 0.25) is 15.9 Å². The molecule has 0 unspecified atom stereocenters. The summed E-state index contributed by atoms with van der Waals surface area (Å²) in [6, 6.07) is 9.22. The lowest BCUT2D eigenvalue weighted by atomic mass is 10.2. The summed E-state index contributed by atoms with van der Waals surface area (Å²) in [5.41, 5.74) is 0.634. The molecule has 1 heterocycles. The van der Waals surface area contributed by atoms with Crippen molar-refractivity contribution in [1.29, 1.82) is 0 Å². The van der Waals surface area contributed by atoms with Crippen LogP contribution in [0, 0.1) is 0 Å². The van der Waals surface area contributed by atoms with Gasteiger partial charge in [0.15, 0.2) is 5.76 Å². The molecule has 0 saturated carbocycles. The van der Waals surface area contributed by atoms with Crippen LogP contribution >= 0.6 is 0 Å². The summed E-state index contributed by atoms with van der Waals surface area (Å²) in [5.74, 6) is -0.616. The Balaban J connectivity index is 1.93. The number of carbonyl (C=O) groups excluding carboxylic acids is 2. The number of sulfonamides is 1. The Hall–Kier alpha value is -2.65. The van der Waals surface area contributed by atoms with Gasteiger partial charge >= 0.3 is 0 Å². The third-order valence-electron chi connectivity index (χ3n) is 3.55. The molecule has 0 fully saturated rings. The van der Waals surface area contributed by atoms with E-state index in [1.807, 2.05) is 0 Å². The SMILES string of the molecule is CC(C)NS(=O)(=O)c1cccc(CNC(=O)CN(C)C(=O)c2ccco2)c1. The van der Waals surface area contributed by atoms with Crippen LogP contribution in [-0.4, -0.2) is 44.8 Å². The van der Waals surface area contributed by atoms with Gasteiger partial charge in [-0.15, -0.1) is 0 Å². The molecule has 0 spiro atoms. The van der Waals surface area contributed by atoms with Crippen molar-refractivity contribution in [2.75, 3.05) is 13.6 Å². The number of rotatable bonds is 8. The smallest absolute Gasteiger partial charge is 0.289 e. The van der Waals surface area contributed by atoms with Gasteiger partial charge in [0.25, 0.3) is 5.91 Å². The third-order valence-corrected chi connectivity index (χ3v) is 5.20. The number of benzene rings is 1. The second-order valence-corrected chi connectivity index (χ2v) is 8.05. The molecule has 0 saturated heterocycles. The van der Waals surface area contributed by atoms with E-state index in [9.17, 15) is 18.0 Å². The summed E-state index contributed by atoms with van der Waals surface area (Å²) in [6.45, 7) is 3.48. The average Bonchev–Trinajstić information content (AvgIpc) is 3.13. The Morgan fingerprint density at radius 1 is 1.19 bits per heavy atom. The lowest BCUT2D eigenvalue weighted by Crippen LogP contribution is -2.38. The lowest BCUT2D eigenvalue weighted by Gasteiger charge is -2.15. The molecule has 0 aliphatic rings. The molecule has 2 aromatic rings. The molecule has 0 aliphatic carbocycles. The molecule has 27 heavy (non-hydrogen) atoms. The van der Waals surface area contributed by atoms with E-state index in [0.717, 1.165) is 0 Å². The van der Waals surface area contributed by atoms with Crippen molar-refractivity contribution in [3.8, 4) is 0 Å². The van der Waals surface area contributed by atoms with Crippen molar-refractivity contribution in [2.45, 2.75) is 31.3 Å². The highest BCUT2D eigenvalue weighted by atomic mass is 32.2. The molecule has 8 nitrogen and oxygen atoms in total. The van der Waals surface area contributed by atoms with Crippen molar-refractivity contribution in [1.82, 2.24) is 14.9 Å². The van der Waals surface area contributed by atoms with Crippen LogP contribution < -0.4 is 10.0 Å². The first kappa shape index (κ1) is 20.7. The van der Waals surface area contributed by atoms with E-state index in [0.29, 0.717) is 5.56 Å². The summed E-state index contributed by atoms with van der Waals surface area (Å²) >= 11 is 0. The van der Waals surface area contributed by atoms with Gasteiger partial charge in [0, 0.05) is 19.6 Å². The largest absolute Gasteiger partial charge is 0.459 e. The van der Waals surface area contributed by atoms with Crippen molar-refractivity contribution in [2.24, 2.45) is 0 Å². The first-order chi connectivity index (χ1) is 12.7. The van der Waals surface area contributed by atoms with Crippen LogP contribution in [0.2, 0.25) is 0 Å². The highest BCUT2D eigenvalue weighted by Gasteiger charge is 2.18. The van der Waals surface area contributed by atoms with Crippen molar-refractivity contribution < 1.29 is 22.4 Å². The predicted molar refractivity (Wildman–Crippen MR) is 99.4 cm³/mol. The van der Waals surface area contributed by atoms with Gasteiger partial charge in [0.1, 0.15) is 0 Å². The molecule has 0 atom stereocenters. The second kappa shape index (κ2) is 8.83. The molecule has 146 valence electrons. The van der Waals surface area contributed by atoms with Gasteiger partial charge in [0.05, 0.1) is 17.7 Å². The average molecular weight is 393 g/mol. The summed E-state index contributed by atoms with van der Waals surface area (Å²) in [6.07, 6.45) is 1.39. The Bertz CT molecular complexity index is 891. The molecule has 2 rings (SSSR count). The van der Waals surface area contributed by atoms with Crippen LogP contribution in [0.1, 0.15) is 30.0 Å². The second-order valence-electron chi connectivity index (χ2n) is 6.34.